The third-order valence-corrected chi connectivity index (χ3v) is 7.58. The van der Waals surface area contributed by atoms with E-state index in [4.69, 9.17) is 14.0 Å². The molecule has 2 N–H and O–H groups in total. The maximum absolute atomic E-state index is 13.5. The van der Waals surface area contributed by atoms with Crippen molar-refractivity contribution in [2.75, 3.05) is 46.4 Å². The number of ether oxygens (including phenoxy) is 2. The molecule has 2 atom stereocenters. The van der Waals surface area contributed by atoms with Gasteiger partial charge in [0.25, 0.3) is 5.91 Å². The number of amides is 3. The number of carbonyl (C=O) groups excluding carboxylic acids is 3. The molecule has 0 unspecified atom stereocenters. The number of nitrogens with zero attached hydrogens (tertiary/aromatic N) is 4. The summed E-state index contributed by atoms with van der Waals surface area (Å²) in [5, 5.41) is 13.7. The fraction of sp³-hybridized carbons (Fsp3) is 0.464. The van der Waals surface area contributed by atoms with Gasteiger partial charge in [-0.15, -0.1) is 0 Å². The molecule has 1 aromatic carbocycles. The van der Waals surface area contributed by atoms with Crippen molar-refractivity contribution in [3.05, 3.63) is 58.7 Å². The SMILES string of the molecule is COc1ccc2cc1OCCN(C(=O)Cc1ccn[nH]1)CCCNC(=O)[C@H]1CN(C(=O)c3c(C)noc3C)C[C@H]21. The summed E-state index contributed by atoms with van der Waals surface area (Å²) in [6.45, 7) is 5.58. The molecule has 1 saturated heterocycles. The normalized spacial score (nSPS) is 19.8. The van der Waals surface area contributed by atoms with Gasteiger partial charge in [0.15, 0.2) is 11.5 Å². The van der Waals surface area contributed by atoms with E-state index in [1.807, 2.05) is 18.2 Å². The van der Waals surface area contributed by atoms with Crippen molar-refractivity contribution in [3.63, 3.8) is 0 Å². The van der Waals surface area contributed by atoms with Gasteiger partial charge in [-0.05, 0) is 44.0 Å². The van der Waals surface area contributed by atoms with Crippen molar-refractivity contribution in [2.24, 2.45) is 5.92 Å². The van der Waals surface area contributed by atoms with Gasteiger partial charge >= 0.3 is 0 Å². The summed E-state index contributed by atoms with van der Waals surface area (Å²) in [5.41, 5.74) is 2.56. The van der Waals surface area contributed by atoms with E-state index in [-0.39, 0.29) is 43.2 Å². The van der Waals surface area contributed by atoms with Crippen molar-refractivity contribution in [2.45, 2.75) is 32.6 Å². The third-order valence-electron chi connectivity index (χ3n) is 7.58. The standard InChI is InChI=1S/C28H34N6O6/c1-17-26(18(2)40-32-17)28(37)34-15-21-19-5-6-23(38-3)24(13-19)39-12-11-33(25(35)14-20-7-9-30-31-20)10-4-8-29-27(36)22(21)16-34/h5-7,9,13,21-22H,4,8,10-12,14-16H2,1-3H3,(H,29,36)(H,30,31)/t21-,22+/m1/s1. The number of carbonyl (C=O) groups is 3. The summed E-state index contributed by atoms with van der Waals surface area (Å²) < 4.78 is 16.9. The Hall–Kier alpha value is -4.35. The van der Waals surface area contributed by atoms with Crippen LogP contribution in [-0.4, -0.2) is 89.3 Å². The molecule has 1 fully saturated rings. The molecule has 12 heteroatoms. The Bertz CT molecular complexity index is 1350. The number of fused-ring (bicyclic) bond motifs is 4. The first-order chi connectivity index (χ1) is 19.4. The molecule has 40 heavy (non-hydrogen) atoms. The minimum atomic E-state index is -0.466. The number of hydrogen-bond acceptors (Lipinski definition) is 8. The van der Waals surface area contributed by atoms with Crippen molar-refractivity contribution < 1.29 is 28.4 Å². The van der Waals surface area contributed by atoms with Gasteiger partial charge in [-0.3, -0.25) is 19.5 Å². The van der Waals surface area contributed by atoms with Crippen LogP contribution in [0.4, 0.5) is 0 Å². The average Bonchev–Trinajstić information content (AvgIpc) is 3.69. The zero-order chi connectivity index (χ0) is 28.2. The molecule has 2 aliphatic rings. The molecule has 0 spiro atoms. The first-order valence-corrected chi connectivity index (χ1v) is 13.4. The molecule has 5 rings (SSSR count). The van der Waals surface area contributed by atoms with E-state index in [0.717, 1.165) is 11.3 Å². The minimum absolute atomic E-state index is 0.0590. The molecule has 2 bridgehead atoms. The molecule has 2 aromatic heterocycles. The molecular weight excluding hydrogens is 516 g/mol. The molecule has 12 nitrogen and oxygen atoms in total. The van der Waals surface area contributed by atoms with Gasteiger partial charge in [0.2, 0.25) is 11.8 Å². The predicted molar refractivity (Wildman–Crippen MR) is 143 cm³/mol. The highest BCUT2D eigenvalue weighted by molar-refractivity contribution is 5.97. The Morgan fingerprint density at radius 3 is 2.67 bits per heavy atom. The van der Waals surface area contributed by atoms with E-state index < -0.39 is 5.92 Å². The van der Waals surface area contributed by atoms with Crippen LogP contribution in [0.2, 0.25) is 0 Å². The second-order valence-electron chi connectivity index (χ2n) is 10.2. The smallest absolute Gasteiger partial charge is 0.259 e. The number of likely N-dealkylation sites (tertiary alicyclic amines) is 1. The maximum Gasteiger partial charge on any atom is 0.259 e. The molecule has 2 aliphatic heterocycles. The zero-order valence-corrected chi connectivity index (χ0v) is 22.9. The van der Waals surface area contributed by atoms with Gasteiger partial charge in [-0.1, -0.05) is 11.2 Å². The predicted octanol–water partition coefficient (Wildman–Crippen LogP) is 1.85. The maximum atomic E-state index is 13.5. The summed E-state index contributed by atoms with van der Waals surface area (Å²) in [5.74, 6) is 0.422. The van der Waals surface area contributed by atoms with Gasteiger partial charge in [0.1, 0.15) is 17.9 Å². The highest BCUT2D eigenvalue weighted by Crippen LogP contribution is 2.38. The quantitative estimate of drug-likeness (QED) is 0.501. The highest BCUT2D eigenvalue weighted by atomic mass is 16.5. The monoisotopic (exact) mass is 550 g/mol. The fourth-order valence-corrected chi connectivity index (χ4v) is 5.45. The number of aryl methyl sites for hydroxylation is 2. The summed E-state index contributed by atoms with van der Waals surface area (Å²) >= 11 is 0. The topological polar surface area (TPSA) is 143 Å². The van der Waals surface area contributed by atoms with Crippen LogP contribution < -0.4 is 14.8 Å². The molecule has 0 aliphatic carbocycles. The van der Waals surface area contributed by atoms with Crippen LogP contribution >= 0.6 is 0 Å². The first-order valence-electron chi connectivity index (χ1n) is 13.4. The van der Waals surface area contributed by atoms with Crippen LogP contribution in [0.3, 0.4) is 0 Å². The van der Waals surface area contributed by atoms with Crippen molar-refractivity contribution >= 4 is 17.7 Å². The van der Waals surface area contributed by atoms with Gasteiger partial charge in [0.05, 0.1) is 31.7 Å². The average molecular weight is 551 g/mol. The van der Waals surface area contributed by atoms with Crippen LogP contribution in [-0.2, 0) is 16.0 Å². The Kier molecular flexibility index (Phi) is 8.04. The molecule has 212 valence electrons. The fourth-order valence-electron chi connectivity index (χ4n) is 5.45. The highest BCUT2D eigenvalue weighted by Gasteiger charge is 2.42. The number of H-pyrrole nitrogens is 1. The van der Waals surface area contributed by atoms with Crippen LogP contribution in [0.5, 0.6) is 11.5 Å². The second-order valence-corrected chi connectivity index (χ2v) is 10.2. The summed E-state index contributed by atoms with van der Waals surface area (Å²) in [7, 11) is 1.57. The summed E-state index contributed by atoms with van der Waals surface area (Å²) in [6.07, 6.45) is 2.39. The lowest BCUT2D eigenvalue weighted by molar-refractivity contribution is -0.131. The minimum Gasteiger partial charge on any atom is -0.493 e. The molecule has 0 radical (unpaired) electrons. The molecule has 3 aromatic rings. The summed E-state index contributed by atoms with van der Waals surface area (Å²) in [6, 6.07) is 7.36. The number of aromatic nitrogens is 3. The van der Waals surface area contributed by atoms with E-state index in [1.54, 1.807) is 43.0 Å². The number of aromatic amines is 1. The lowest BCUT2D eigenvalue weighted by Crippen LogP contribution is -2.40. The van der Waals surface area contributed by atoms with Gasteiger partial charge in [-0.2, -0.15) is 5.10 Å². The van der Waals surface area contributed by atoms with Crippen molar-refractivity contribution in [1.82, 2.24) is 30.5 Å². The van der Waals surface area contributed by atoms with Crippen LogP contribution in [0, 0.1) is 19.8 Å². The number of hydrogen-bond donors (Lipinski definition) is 2. The molecule has 0 saturated carbocycles. The Balaban J connectivity index is 1.39. The van der Waals surface area contributed by atoms with E-state index in [9.17, 15) is 14.4 Å². The van der Waals surface area contributed by atoms with E-state index in [1.165, 1.54) is 0 Å². The largest absolute Gasteiger partial charge is 0.493 e. The lowest BCUT2D eigenvalue weighted by atomic mass is 9.88. The van der Waals surface area contributed by atoms with Crippen LogP contribution in [0.1, 0.15) is 45.4 Å². The number of nitrogens with one attached hydrogen (secondary N) is 2. The third kappa shape index (κ3) is 5.65. The molecule has 4 heterocycles. The van der Waals surface area contributed by atoms with Crippen LogP contribution in [0.15, 0.2) is 35.0 Å². The summed E-state index contributed by atoms with van der Waals surface area (Å²) in [4.78, 5) is 43.4. The number of benzene rings is 1. The van der Waals surface area contributed by atoms with Crippen molar-refractivity contribution in [3.8, 4) is 11.5 Å². The van der Waals surface area contributed by atoms with Gasteiger partial charge in [-0.25, -0.2) is 0 Å². The van der Waals surface area contributed by atoms with E-state index in [2.05, 4.69) is 20.7 Å². The van der Waals surface area contributed by atoms with Crippen molar-refractivity contribution in [1.29, 1.82) is 0 Å². The van der Waals surface area contributed by atoms with E-state index >= 15 is 0 Å². The second kappa shape index (κ2) is 11.8. The Morgan fingerprint density at radius 2 is 1.95 bits per heavy atom. The van der Waals surface area contributed by atoms with E-state index in [0.29, 0.717) is 61.1 Å². The number of rotatable bonds is 4. The Morgan fingerprint density at radius 1 is 1.12 bits per heavy atom. The molecule has 3 amide bonds. The Labute approximate surface area is 232 Å². The van der Waals surface area contributed by atoms with Gasteiger partial charge < -0.3 is 29.1 Å². The van der Waals surface area contributed by atoms with Crippen LogP contribution in [0.25, 0.3) is 0 Å². The zero-order valence-electron chi connectivity index (χ0n) is 22.9. The van der Waals surface area contributed by atoms with Gasteiger partial charge in [0, 0.05) is 44.0 Å². The first kappa shape index (κ1) is 27.2. The lowest BCUT2D eigenvalue weighted by Gasteiger charge is -2.25. The molecular formula is C28H34N6O6. The number of methoxy groups -OCH3 is 1.